The van der Waals surface area contributed by atoms with Gasteiger partial charge in [-0.05, 0) is 95.3 Å². The second-order valence-electron chi connectivity index (χ2n) is 10.6. The Morgan fingerprint density at radius 1 is 1.11 bits per heavy atom. The van der Waals surface area contributed by atoms with Gasteiger partial charge in [0.2, 0.25) is 0 Å². The maximum Gasteiger partial charge on any atom is 0.319 e. The van der Waals surface area contributed by atoms with Gasteiger partial charge in [-0.1, -0.05) is 12.1 Å². The van der Waals surface area contributed by atoms with Crippen molar-refractivity contribution in [2.75, 3.05) is 31.6 Å². The molecule has 0 radical (unpaired) electrons. The van der Waals surface area contributed by atoms with Crippen LogP contribution in [0.1, 0.15) is 64.0 Å². The fourth-order valence-corrected chi connectivity index (χ4v) is 5.50. The zero-order chi connectivity index (χ0) is 25.8. The largest absolute Gasteiger partial charge is 0.493 e. The Hall–Kier alpha value is -3.32. The Bertz CT molecular complexity index is 1240. The molecule has 2 aromatic carbocycles. The first-order valence-corrected chi connectivity index (χ1v) is 13.7. The molecule has 1 aliphatic carbocycles. The Kier molecular flexibility index (Phi) is 7.79. The minimum atomic E-state index is -0.209. The van der Waals surface area contributed by atoms with Gasteiger partial charge in [-0.25, -0.2) is 4.79 Å². The molecule has 0 bridgehead atoms. The smallest absolute Gasteiger partial charge is 0.319 e. The van der Waals surface area contributed by atoms with Crippen molar-refractivity contribution < 1.29 is 9.53 Å². The van der Waals surface area contributed by atoms with Crippen molar-refractivity contribution in [1.29, 1.82) is 5.41 Å². The quantitative estimate of drug-likeness (QED) is 0.221. The van der Waals surface area contributed by atoms with Gasteiger partial charge in [0, 0.05) is 47.5 Å². The molecular formula is C30H39N5O2. The summed E-state index contributed by atoms with van der Waals surface area (Å²) in [7, 11) is 0. The van der Waals surface area contributed by atoms with Gasteiger partial charge in [0.05, 0.1) is 17.8 Å². The zero-order valence-electron chi connectivity index (χ0n) is 22.1. The van der Waals surface area contributed by atoms with Crippen molar-refractivity contribution in [3.8, 4) is 17.0 Å². The SMILES string of the molecule is CC(C)NC(=O)Nc1ccc(-c2c(C=N)c3ccc(OCCCN4CCCC4)cc3n2C2CCC2)cc1. The molecular weight excluding hydrogens is 462 g/mol. The van der Waals surface area contributed by atoms with Crippen LogP contribution in [-0.4, -0.2) is 54.0 Å². The van der Waals surface area contributed by atoms with Gasteiger partial charge >= 0.3 is 6.03 Å². The highest BCUT2D eigenvalue weighted by Crippen LogP contribution is 2.43. The second kappa shape index (κ2) is 11.4. The summed E-state index contributed by atoms with van der Waals surface area (Å²) in [4.78, 5) is 14.6. The molecule has 5 rings (SSSR count). The third kappa shape index (κ3) is 5.67. The topological polar surface area (TPSA) is 82.4 Å². The van der Waals surface area contributed by atoms with Gasteiger partial charge in [-0.2, -0.15) is 0 Å². The first kappa shape index (κ1) is 25.3. The number of hydrogen-bond donors (Lipinski definition) is 3. The minimum Gasteiger partial charge on any atom is -0.493 e. The Morgan fingerprint density at radius 3 is 2.51 bits per heavy atom. The van der Waals surface area contributed by atoms with Crippen LogP contribution in [0.15, 0.2) is 42.5 Å². The first-order chi connectivity index (χ1) is 18.0. The lowest BCUT2D eigenvalue weighted by molar-refractivity contribution is 0.250. The van der Waals surface area contributed by atoms with Crippen LogP contribution in [0.4, 0.5) is 10.5 Å². The summed E-state index contributed by atoms with van der Waals surface area (Å²) in [6.07, 6.45) is 8.67. The molecule has 7 nitrogen and oxygen atoms in total. The van der Waals surface area contributed by atoms with Crippen LogP contribution in [-0.2, 0) is 0 Å². The zero-order valence-corrected chi connectivity index (χ0v) is 22.1. The van der Waals surface area contributed by atoms with Crippen LogP contribution < -0.4 is 15.4 Å². The van der Waals surface area contributed by atoms with E-state index in [4.69, 9.17) is 10.1 Å². The van der Waals surface area contributed by atoms with Crippen molar-refractivity contribution >= 4 is 28.8 Å². The van der Waals surface area contributed by atoms with Crippen molar-refractivity contribution in [2.24, 2.45) is 0 Å². The predicted molar refractivity (Wildman–Crippen MR) is 151 cm³/mol. The molecule has 1 saturated carbocycles. The molecule has 1 aliphatic heterocycles. The first-order valence-electron chi connectivity index (χ1n) is 13.7. The van der Waals surface area contributed by atoms with E-state index in [1.807, 2.05) is 44.2 Å². The monoisotopic (exact) mass is 501 g/mol. The molecule has 1 aromatic heterocycles. The van der Waals surface area contributed by atoms with Crippen molar-refractivity contribution in [1.82, 2.24) is 14.8 Å². The standard InChI is InChI=1S/C30H39N5O2/c1-21(2)32-30(36)33-23-11-9-22(10-12-23)29-27(20-31)26-14-13-25(19-28(26)35(29)24-7-5-8-24)37-18-6-17-34-15-3-4-16-34/h9-14,19-21,24,31H,3-8,15-18H2,1-2H3,(H2,32,33,36). The summed E-state index contributed by atoms with van der Waals surface area (Å²) in [5, 5.41) is 15.1. The van der Waals surface area contributed by atoms with E-state index in [1.165, 1.54) is 38.6 Å². The molecule has 196 valence electrons. The van der Waals surface area contributed by atoms with Crippen LogP contribution in [0.3, 0.4) is 0 Å². The molecule has 37 heavy (non-hydrogen) atoms. The predicted octanol–water partition coefficient (Wildman–Crippen LogP) is 6.43. The van der Waals surface area contributed by atoms with Crippen LogP contribution in [0.25, 0.3) is 22.2 Å². The molecule has 1 saturated heterocycles. The number of hydrogen-bond acceptors (Lipinski definition) is 4. The van der Waals surface area contributed by atoms with Crippen LogP contribution >= 0.6 is 0 Å². The van der Waals surface area contributed by atoms with Crippen molar-refractivity contribution in [2.45, 2.75) is 64.5 Å². The number of amides is 2. The summed E-state index contributed by atoms with van der Waals surface area (Å²) in [5.74, 6) is 0.894. The molecule has 0 atom stereocenters. The van der Waals surface area contributed by atoms with Crippen LogP contribution in [0.2, 0.25) is 0 Å². The van der Waals surface area contributed by atoms with E-state index in [-0.39, 0.29) is 12.1 Å². The molecule has 2 amide bonds. The molecule has 2 fully saturated rings. The molecule has 0 spiro atoms. The van der Waals surface area contributed by atoms with Gasteiger partial charge < -0.3 is 30.2 Å². The summed E-state index contributed by atoms with van der Waals surface area (Å²) < 4.78 is 8.61. The number of carbonyl (C=O) groups is 1. The van der Waals surface area contributed by atoms with E-state index in [1.54, 1.807) is 0 Å². The average molecular weight is 502 g/mol. The van der Waals surface area contributed by atoms with Gasteiger partial charge in [0.1, 0.15) is 5.75 Å². The maximum atomic E-state index is 12.1. The van der Waals surface area contributed by atoms with E-state index in [0.29, 0.717) is 6.04 Å². The van der Waals surface area contributed by atoms with E-state index in [9.17, 15) is 4.79 Å². The lowest BCUT2D eigenvalue weighted by Crippen LogP contribution is -2.34. The highest BCUT2D eigenvalue weighted by Gasteiger charge is 2.27. The second-order valence-corrected chi connectivity index (χ2v) is 10.6. The van der Waals surface area contributed by atoms with Gasteiger partial charge in [-0.15, -0.1) is 0 Å². The Morgan fingerprint density at radius 2 is 1.86 bits per heavy atom. The summed E-state index contributed by atoms with van der Waals surface area (Å²) in [6.45, 7) is 8.14. The highest BCUT2D eigenvalue weighted by atomic mass is 16.5. The van der Waals surface area contributed by atoms with E-state index >= 15 is 0 Å². The number of likely N-dealkylation sites (tertiary alicyclic amines) is 1. The number of urea groups is 1. The number of carbonyl (C=O) groups excluding carboxylic acids is 1. The fraction of sp³-hybridized carbons (Fsp3) is 0.467. The maximum absolute atomic E-state index is 12.1. The molecule has 2 heterocycles. The molecule has 3 N–H and O–H groups in total. The molecule has 3 aromatic rings. The minimum absolute atomic E-state index is 0.0755. The third-order valence-corrected chi connectivity index (χ3v) is 7.52. The highest BCUT2D eigenvalue weighted by molar-refractivity contribution is 6.06. The number of fused-ring (bicyclic) bond motifs is 1. The molecule has 7 heteroatoms. The van der Waals surface area contributed by atoms with E-state index in [0.717, 1.165) is 71.6 Å². The lowest BCUT2D eigenvalue weighted by atomic mass is 9.92. The number of rotatable bonds is 10. The summed E-state index contributed by atoms with van der Waals surface area (Å²) >= 11 is 0. The van der Waals surface area contributed by atoms with Gasteiger partial charge in [0.25, 0.3) is 0 Å². The van der Waals surface area contributed by atoms with Gasteiger partial charge in [-0.3, -0.25) is 0 Å². The number of nitrogens with one attached hydrogen (secondary N) is 3. The number of aromatic nitrogens is 1. The van der Waals surface area contributed by atoms with E-state index < -0.39 is 0 Å². The fourth-order valence-electron chi connectivity index (χ4n) is 5.50. The van der Waals surface area contributed by atoms with Crippen LogP contribution in [0.5, 0.6) is 5.75 Å². The lowest BCUT2D eigenvalue weighted by Gasteiger charge is -2.30. The number of anilines is 1. The molecule has 0 unspecified atom stereocenters. The third-order valence-electron chi connectivity index (χ3n) is 7.52. The normalized spacial score (nSPS) is 16.2. The Labute approximate surface area is 219 Å². The van der Waals surface area contributed by atoms with Crippen molar-refractivity contribution in [3.63, 3.8) is 0 Å². The van der Waals surface area contributed by atoms with E-state index in [2.05, 4.69) is 32.2 Å². The van der Waals surface area contributed by atoms with Crippen LogP contribution in [0, 0.1) is 5.41 Å². The van der Waals surface area contributed by atoms with Gasteiger partial charge in [0.15, 0.2) is 0 Å². The molecule has 2 aliphatic rings. The number of nitrogens with zero attached hydrogens (tertiary/aromatic N) is 2. The number of ether oxygens (including phenoxy) is 1. The number of benzene rings is 2. The average Bonchev–Trinajstić information content (AvgIpc) is 3.47. The summed E-state index contributed by atoms with van der Waals surface area (Å²) in [5.41, 5.74) is 4.92. The van der Waals surface area contributed by atoms with Crippen molar-refractivity contribution in [3.05, 3.63) is 48.0 Å². The summed E-state index contributed by atoms with van der Waals surface area (Å²) in [6, 6.07) is 14.5. The Balaban J connectivity index is 1.40.